The molecule has 3 atom stereocenters. The number of nitrogens with zero attached hydrogens (tertiary/aromatic N) is 2. The van der Waals surface area contributed by atoms with E-state index in [2.05, 4.69) is 47.3 Å². The molecule has 0 aromatic heterocycles. The van der Waals surface area contributed by atoms with E-state index in [0.717, 1.165) is 25.3 Å². The molecule has 2 nitrogen and oxygen atoms in total. The van der Waals surface area contributed by atoms with Gasteiger partial charge in [-0.15, -0.1) is 0 Å². The number of hydrogen-bond acceptors (Lipinski definition) is 2. The van der Waals surface area contributed by atoms with Crippen LogP contribution in [0.1, 0.15) is 44.6 Å². The number of fused-ring (bicyclic) bond motifs is 1. The van der Waals surface area contributed by atoms with Crippen molar-refractivity contribution in [1.29, 1.82) is 0 Å². The van der Waals surface area contributed by atoms with Gasteiger partial charge in [-0.2, -0.15) is 0 Å². The first-order chi connectivity index (χ1) is 11.2. The molecular formula is C20H23FN2. The van der Waals surface area contributed by atoms with Crippen LogP contribution in [0.2, 0.25) is 0 Å². The third-order valence-corrected chi connectivity index (χ3v) is 6.17. The molecule has 0 N–H and O–H groups in total. The van der Waals surface area contributed by atoms with Crippen molar-refractivity contribution in [1.82, 2.24) is 0 Å². The van der Waals surface area contributed by atoms with E-state index < -0.39 is 5.67 Å². The Morgan fingerprint density at radius 2 is 2.17 bits per heavy atom. The summed E-state index contributed by atoms with van der Waals surface area (Å²) in [5.41, 5.74) is 4.42. The highest BCUT2D eigenvalue weighted by Gasteiger charge is 2.70. The Balaban J connectivity index is 1.35. The first-order valence-corrected chi connectivity index (χ1v) is 8.99. The molecule has 0 bridgehead atoms. The zero-order chi connectivity index (χ0) is 15.6. The van der Waals surface area contributed by atoms with Crippen LogP contribution in [-0.4, -0.2) is 24.0 Å². The molecule has 4 aliphatic rings. The summed E-state index contributed by atoms with van der Waals surface area (Å²) in [6.45, 7) is 3.13. The number of alkyl halides is 1. The molecule has 1 aromatic carbocycles. The molecule has 3 fully saturated rings. The molecule has 0 radical (unpaired) electrons. The lowest BCUT2D eigenvalue weighted by Gasteiger charge is -2.40. The fourth-order valence-electron chi connectivity index (χ4n) is 4.46. The molecule has 1 aliphatic heterocycles. The lowest BCUT2D eigenvalue weighted by Crippen LogP contribution is -2.47. The minimum Gasteiger partial charge on any atom is -0.368 e. The minimum atomic E-state index is -0.809. The topological polar surface area (TPSA) is 15.6 Å². The van der Waals surface area contributed by atoms with Crippen LogP contribution in [0.5, 0.6) is 0 Å². The van der Waals surface area contributed by atoms with Crippen molar-refractivity contribution >= 4 is 17.0 Å². The van der Waals surface area contributed by atoms with E-state index >= 15 is 0 Å². The third kappa shape index (κ3) is 2.16. The lowest BCUT2D eigenvalue weighted by atomic mass is 9.88. The van der Waals surface area contributed by atoms with Crippen molar-refractivity contribution in [2.45, 2.75) is 50.7 Å². The van der Waals surface area contributed by atoms with Crippen molar-refractivity contribution in [3.05, 3.63) is 36.0 Å². The van der Waals surface area contributed by atoms with Gasteiger partial charge in [0.1, 0.15) is 5.67 Å². The fourth-order valence-corrected chi connectivity index (χ4v) is 4.46. The number of halogens is 1. The average molecular weight is 310 g/mol. The van der Waals surface area contributed by atoms with Crippen LogP contribution in [0.4, 0.5) is 10.1 Å². The van der Waals surface area contributed by atoms with Crippen LogP contribution in [-0.2, 0) is 0 Å². The predicted molar refractivity (Wildman–Crippen MR) is 92.6 cm³/mol. The van der Waals surface area contributed by atoms with Crippen molar-refractivity contribution in [2.24, 2.45) is 16.8 Å². The van der Waals surface area contributed by atoms with Gasteiger partial charge >= 0.3 is 0 Å². The molecule has 1 aromatic rings. The number of hydrogen-bond donors (Lipinski definition) is 0. The zero-order valence-corrected chi connectivity index (χ0v) is 13.6. The molecule has 3 unspecified atom stereocenters. The summed E-state index contributed by atoms with van der Waals surface area (Å²) >= 11 is 0. The van der Waals surface area contributed by atoms with Gasteiger partial charge in [0.15, 0.2) is 0 Å². The number of benzene rings is 1. The third-order valence-electron chi connectivity index (χ3n) is 6.17. The summed E-state index contributed by atoms with van der Waals surface area (Å²) in [4.78, 5) is 7.03. The van der Waals surface area contributed by atoms with Crippen molar-refractivity contribution < 1.29 is 4.39 Å². The molecule has 0 spiro atoms. The molecule has 3 saturated carbocycles. The van der Waals surface area contributed by atoms with E-state index in [0.29, 0.717) is 12.5 Å². The molecule has 3 aliphatic carbocycles. The molecule has 120 valence electrons. The Labute approximate surface area is 137 Å². The monoisotopic (exact) mass is 310 g/mol. The molecule has 23 heavy (non-hydrogen) atoms. The van der Waals surface area contributed by atoms with Crippen molar-refractivity contribution in [3.63, 3.8) is 0 Å². The van der Waals surface area contributed by atoms with Gasteiger partial charge in [-0.05, 0) is 55.4 Å². The highest BCUT2D eigenvalue weighted by Crippen LogP contribution is 2.64. The molecule has 5 rings (SSSR count). The fraction of sp³-hybridized carbons (Fsp3) is 0.550. The van der Waals surface area contributed by atoms with Gasteiger partial charge < -0.3 is 4.90 Å². The first-order valence-electron chi connectivity index (χ1n) is 8.99. The van der Waals surface area contributed by atoms with E-state index in [1.54, 1.807) is 0 Å². The van der Waals surface area contributed by atoms with Gasteiger partial charge in [0, 0.05) is 48.9 Å². The summed E-state index contributed by atoms with van der Waals surface area (Å²) in [6, 6.07) is 9.17. The van der Waals surface area contributed by atoms with Gasteiger partial charge in [0.25, 0.3) is 0 Å². The Morgan fingerprint density at radius 3 is 2.83 bits per heavy atom. The Hall–Kier alpha value is -1.64. The van der Waals surface area contributed by atoms with Crippen LogP contribution in [0.3, 0.4) is 0 Å². The van der Waals surface area contributed by atoms with E-state index in [-0.39, 0.29) is 5.92 Å². The normalized spacial score (nSPS) is 34.3. The summed E-state index contributed by atoms with van der Waals surface area (Å²) in [7, 11) is 0. The number of rotatable bonds is 5. The first kappa shape index (κ1) is 13.8. The molecule has 0 amide bonds. The summed E-state index contributed by atoms with van der Waals surface area (Å²) < 4.78 is 13.9. The van der Waals surface area contributed by atoms with Crippen molar-refractivity contribution in [3.8, 4) is 0 Å². The van der Waals surface area contributed by atoms with Crippen LogP contribution >= 0.6 is 0 Å². The standard InChI is InChI=1S/C20H23FN2/c1-2-23(19-11-20(21)10-17(19)20)16-5-3-4-14(8-16)15-9-18(22-12-15)13-6-7-13/h3-5,8,12-13,17,19H,2,6-7,9-11H2,1H3. The van der Waals surface area contributed by atoms with Crippen LogP contribution in [0, 0.1) is 11.8 Å². The maximum Gasteiger partial charge on any atom is 0.118 e. The Bertz CT molecular complexity index is 718. The largest absolute Gasteiger partial charge is 0.368 e. The average Bonchev–Trinajstić information content (AvgIpc) is 3.43. The van der Waals surface area contributed by atoms with Crippen LogP contribution < -0.4 is 4.90 Å². The van der Waals surface area contributed by atoms with E-state index in [1.807, 2.05) is 0 Å². The van der Waals surface area contributed by atoms with Crippen molar-refractivity contribution in [2.75, 3.05) is 11.4 Å². The van der Waals surface area contributed by atoms with Gasteiger partial charge in [0.2, 0.25) is 0 Å². The molecular weight excluding hydrogens is 287 g/mol. The molecule has 3 heteroatoms. The second-order valence-electron chi connectivity index (χ2n) is 7.68. The predicted octanol–water partition coefficient (Wildman–Crippen LogP) is 4.61. The zero-order valence-electron chi connectivity index (χ0n) is 13.6. The van der Waals surface area contributed by atoms with Crippen LogP contribution in [0.15, 0.2) is 35.5 Å². The quantitative estimate of drug-likeness (QED) is 0.775. The van der Waals surface area contributed by atoms with Gasteiger partial charge in [-0.25, -0.2) is 4.39 Å². The van der Waals surface area contributed by atoms with Gasteiger partial charge in [-0.1, -0.05) is 12.1 Å². The SMILES string of the molecule is CCN(c1cccc(C2=CN=C(C3CC3)C2)c1)C1CC2(F)CC12. The summed E-state index contributed by atoms with van der Waals surface area (Å²) in [5, 5.41) is 0. The van der Waals surface area contributed by atoms with E-state index in [9.17, 15) is 4.39 Å². The highest BCUT2D eigenvalue weighted by molar-refractivity contribution is 6.01. The number of aliphatic imine (C=N–C) groups is 1. The Kier molecular flexibility index (Phi) is 2.80. The summed E-state index contributed by atoms with van der Waals surface area (Å²) in [5.74, 6) is 1.03. The van der Waals surface area contributed by atoms with Gasteiger partial charge in [0.05, 0.1) is 0 Å². The van der Waals surface area contributed by atoms with E-state index in [1.165, 1.54) is 35.4 Å². The lowest BCUT2D eigenvalue weighted by molar-refractivity contribution is 0.156. The number of allylic oxidation sites excluding steroid dienone is 1. The second-order valence-corrected chi connectivity index (χ2v) is 7.68. The minimum absolute atomic E-state index is 0.279. The Morgan fingerprint density at radius 1 is 1.30 bits per heavy atom. The number of anilines is 1. The maximum atomic E-state index is 13.9. The second kappa shape index (κ2) is 4.68. The van der Waals surface area contributed by atoms with E-state index in [4.69, 9.17) is 0 Å². The highest BCUT2D eigenvalue weighted by atomic mass is 19.1. The smallest absolute Gasteiger partial charge is 0.118 e. The molecule has 0 saturated heterocycles. The van der Waals surface area contributed by atoms with Crippen LogP contribution in [0.25, 0.3) is 5.57 Å². The molecule has 1 heterocycles. The summed E-state index contributed by atoms with van der Waals surface area (Å²) in [6.07, 6.45) is 7.19. The maximum absolute atomic E-state index is 13.9. The van der Waals surface area contributed by atoms with Gasteiger partial charge in [-0.3, -0.25) is 4.99 Å².